The molecule has 6 heterocycles. The zero-order valence-electron chi connectivity index (χ0n) is 23.8. The standard InChI is InChI=1S/C34H31N7O2/c1-20(42)21-6-8-22(9-7-21)24-16-25-28(17-30(24)41-15-12-35-19-41)39-34(43)31(33-37-26-4-2-3-5-27(26)38-33)32(25)36-29-18-40-13-10-23(29)11-14-40/h2-9,12,15-17,19,23,29H,10-11,13-14,18H2,1H3,(H,37,38)(H2,36,39,43)/t29-/m0/s1. The summed E-state index contributed by atoms with van der Waals surface area (Å²) in [5.74, 6) is 1.11. The Kier molecular flexibility index (Phi) is 6.01. The number of carbonyl (C=O) groups is 1. The van der Waals surface area contributed by atoms with Gasteiger partial charge in [-0.15, -0.1) is 0 Å². The van der Waals surface area contributed by atoms with Crippen LogP contribution in [-0.2, 0) is 0 Å². The number of anilines is 1. The fourth-order valence-electron chi connectivity index (χ4n) is 6.82. The van der Waals surface area contributed by atoms with E-state index in [2.05, 4.69) is 31.2 Å². The lowest BCUT2D eigenvalue weighted by molar-refractivity contribution is 0.0976. The number of ketones is 1. The van der Waals surface area contributed by atoms with Gasteiger partial charge >= 0.3 is 0 Å². The van der Waals surface area contributed by atoms with Gasteiger partial charge in [-0.2, -0.15) is 0 Å². The third-order valence-electron chi connectivity index (χ3n) is 9.13. The summed E-state index contributed by atoms with van der Waals surface area (Å²) in [5, 5.41) is 4.78. The van der Waals surface area contributed by atoms with E-state index in [-0.39, 0.29) is 17.4 Å². The highest BCUT2D eigenvalue weighted by Gasteiger charge is 2.35. The normalized spacial score (nSPS) is 19.7. The Hall–Kier alpha value is -5.02. The molecule has 0 amide bonds. The summed E-state index contributed by atoms with van der Waals surface area (Å²) in [6.07, 6.45) is 7.68. The first-order chi connectivity index (χ1) is 21.0. The predicted octanol–water partition coefficient (Wildman–Crippen LogP) is 5.63. The van der Waals surface area contributed by atoms with Crippen LogP contribution in [0.2, 0.25) is 0 Å². The van der Waals surface area contributed by atoms with Crippen LogP contribution in [0.3, 0.4) is 0 Å². The van der Waals surface area contributed by atoms with Crippen molar-refractivity contribution in [2.45, 2.75) is 25.8 Å². The number of para-hydroxylation sites is 2. The number of nitrogens with zero attached hydrogens (tertiary/aromatic N) is 4. The van der Waals surface area contributed by atoms with Gasteiger partial charge in [-0.3, -0.25) is 9.59 Å². The highest BCUT2D eigenvalue weighted by molar-refractivity contribution is 6.03. The minimum absolute atomic E-state index is 0.0250. The smallest absolute Gasteiger partial charge is 0.261 e. The molecule has 3 aliphatic heterocycles. The van der Waals surface area contributed by atoms with E-state index >= 15 is 0 Å². The summed E-state index contributed by atoms with van der Waals surface area (Å²) in [7, 11) is 0. The maximum Gasteiger partial charge on any atom is 0.261 e. The number of fused-ring (bicyclic) bond motifs is 5. The first kappa shape index (κ1) is 25.7. The summed E-state index contributed by atoms with van der Waals surface area (Å²) >= 11 is 0. The molecule has 0 radical (unpaired) electrons. The fraction of sp³-hybridized carbons (Fsp3) is 0.235. The maximum absolute atomic E-state index is 14.0. The Morgan fingerprint density at radius 3 is 2.51 bits per heavy atom. The summed E-state index contributed by atoms with van der Waals surface area (Å²) in [6, 6.07) is 19.9. The molecule has 0 saturated carbocycles. The average molecular weight is 570 g/mol. The lowest BCUT2D eigenvalue weighted by Gasteiger charge is -2.45. The van der Waals surface area contributed by atoms with Crippen LogP contribution < -0.4 is 10.9 Å². The van der Waals surface area contributed by atoms with Crippen LogP contribution in [0.25, 0.3) is 50.1 Å². The van der Waals surface area contributed by atoms with Crippen molar-refractivity contribution in [1.82, 2.24) is 29.4 Å². The van der Waals surface area contributed by atoms with Crippen molar-refractivity contribution in [2.75, 3.05) is 25.0 Å². The van der Waals surface area contributed by atoms with Gasteiger partial charge in [0.25, 0.3) is 5.56 Å². The van der Waals surface area contributed by atoms with Crippen LogP contribution >= 0.6 is 0 Å². The molecule has 9 nitrogen and oxygen atoms in total. The number of piperidine rings is 3. The number of nitrogens with one attached hydrogen (secondary N) is 3. The van der Waals surface area contributed by atoms with Crippen molar-refractivity contribution in [2.24, 2.45) is 5.92 Å². The van der Waals surface area contributed by atoms with Crippen LogP contribution in [0.5, 0.6) is 0 Å². The third-order valence-corrected chi connectivity index (χ3v) is 9.13. The molecule has 214 valence electrons. The van der Waals surface area contributed by atoms with Crippen molar-refractivity contribution in [1.29, 1.82) is 0 Å². The van der Waals surface area contributed by atoms with E-state index in [0.29, 0.717) is 22.9 Å². The Labute approximate surface area is 247 Å². The van der Waals surface area contributed by atoms with Crippen molar-refractivity contribution in [3.63, 3.8) is 0 Å². The molecule has 43 heavy (non-hydrogen) atoms. The Morgan fingerprint density at radius 1 is 1.00 bits per heavy atom. The second-order valence-corrected chi connectivity index (χ2v) is 11.7. The molecule has 1 atom stereocenters. The van der Waals surface area contributed by atoms with Crippen molar-refractivity contribution in [3.8, 4) is 28.2 Å². The van der Waals surface area contributed by atoms with Crippen molar-refractivity contribution >= 4 is 33.4 Å². The van der Waals surface area contributed by atoms with Crippen molar-refractivity contribution < 1.29 is 4.79 Å². The van der Waals surface area contributed by atoms with Crippen LogP contribution in [0.4, 0.5) is 5.69 Å². The molecule has 0 unspecified atom stereocenters. The summed E-state index contributed by atoms with van der Waals surface area (Å²) in [6.45, 7) is 4.78. The van der Waals surface area contributed by atoms with Gasteiger partial charge < -0.3 is 24.8 Å². The van der Waals surface area contributed by atoms with Crippen LogP contribution in [0, 0.1) is 5.92 Å². The number of imidazole rings is 2. The summed E-state index contributed by atoms with van der Waals surface area (Å²) in [4.78, 5) is 44.2. The molecule has 3 aliphatic rings. The summed E-state index contributed by atoms with van der Waals surface area (Å²) in [5.41, 5.74) is 6.97. The fourth-order valence-corrected chi connectivity index (χ4v) is 6.82. The van der Waals surface area contributed by atoms with E-state index < -0.39 is 0 Å². The Balaban J connectivity index is 1.38. The molecule has 0 spiro atoms. The number of carbonyl (C=O) groups excluding carboxylic acids is 1. The van der Waals surface area contributed by atoms with E-state index in [1.54, 1.807) is 19.4 Å². The number of Topliss-reactive ketones (excluding diaryl/α,β-unsaturated/α-hetero) is 1. The molecule has 3 N–H and O–H groups in total. The summed E-state index contributed by atoms with van der Waals surface area (Å²) < 4.78 is 1.94. The maximum atomic E-state index is 14.0. The molecular weight excluding hydrogens is 538 g/mol. The van der Waals surface area contributed by atoms with E-state index in [1.165, 1.54) is 0 Å². The minimum atomic E-state index is -0.203. The first-order valence-electron chi connectivity index (χ1n) is 14.8. The quantitative estimate of drug-likeness (QED) is 0.224. The number of pyridine rings is 1. The Bertz CT molecular complexity index is 2020. The number of aromatic amines is 2. The number of hydrogen-bond donors (Lipinski definition) is 3. The first-order valence-corrected chi connectivity index (χ1v) is 14.8. The number of aromatic nitrogens is 5. The van der Waals surface area contributed by atoms with Crippen LogP contribution in [0.15, 0.2) is 84.2 Å². The highest BCUT2D eigenvalue weighted by atomic mass is 16.1. The van der Waals surface area contributed by atoms with E-state index in [9.17, 15) is 9.59 Å². The van der Waals surface area contributed by atoms with Crippen molar-refractivity contribution in [3.05, 3.63) is 95.3 Å². The molecule has 6 aromatic rings. The topological polar surface area (TPSA) is 112 Å². The monoisotopic (exact) mass is 569 g/mol. The zero-order valence-corrected chi connectivity index (χ0v) is 23.8. The molecule has 3 saturated heterocycles. The predicted molar refractivity (Wildman–Crippen MR) is 169 cm³/mol. The van der Waals surface area contributed by atoms with Crippen LogP contribution in [0.1, 0.15) is 30.1 Å². The molecule has 3 aromatic heterocycles. The van der Waals surface area contributed by atoms with Gasteiger partial charge in [-0.25, -0.2) is 9.97 Å². The molecule has 9 heteroatoms. The van der Waals surface area contributed by atoms with Gasteiger partial charge in [0.2, 0.25) is 0 Å². The third kappa shape index (κ3) is 4.44. The number of H-pyrrole nitrogens is 2. The molecule has 2 bridgehead atoms. The van der Waals surface area contributed by atoms with Gasteiger partial charge in [0.15, 0.2) is 5.78 Å². The number of hydrogen-bond acceptors (Lipinski definition) is 6. The van der Waals surface area contributed by atoms with Crippen LogP contribution in [-0.4, -0.2) is 60.9 Å². The minimum Gasteiger partial charge on any atom is -0.379 e. The number of rotatable bonds is 6. The molecule has 9 rings (SSSR count). The lowest BCUT2D eigenvalue weighted by atomic mass is 9.83. The van der Waals surface area contributed by atoms with Gasteiger partial charge in [-0.1, -0.05) is 36.4 Å². The SMILES string of the molecule is CC(=O)c1ccc(-c2cc3c(N[C@H]4CN5CCC4CC5)c(-c4nc5ccccc5[nH]4)c(=O)[nH]c3cc2-n2ccnc2)cc1. The second kappa shape index (κ2) is 10.1. The van der Waals surface area contributed by atoms with Gasteiger partial charge in [0.05, 0.1) is 34.3 Å². The molecule has 0 aliphatic carbocycles. The van der Waals surface area contributed by atoms with E-state index in [1.807, 2.05) is 65.4 Å². The highest BCUT2D eigenvalue weighted by Crippen LogP contribution is 2.39. The molecule has 3 fully saturated rings. The van der Waals surface area contributed by atoms with E-state index in [4.69, 9.17) is 4.98 Å². The van der Waals surface area contributed by atoms with Gasteiger partial charge in [0.1, 0.15) is 11.4 Å². The zero-order chi connectivity index (χ0) is 29.1. The second-order valence-electron chi connectivity index (χ2n) is 11.7. The molecular formula is C34H31N7O2. The van der Waals surface area contributed by atoms with E-state index in [0.717, 1.165) is 76.9 Å². The molecule has 3 aromatic carbocycles. The number of benzene rings is 3. The lowest BCUT2D eigenvalue weighted by Crippen LogP contribution is -2.53. The Morgan fingerprint density at radius 2 is 1.81 bits per heavy atom. The largest absolute Gasteiger partial charge is 0.379 e. The average Bonchev–Trinajstić information content (AvgIpc) is 3.72. The van der Waals surface area contributed by atoms with Gasteiger partial charge in [-0.05, 0) is 68.6 Å². The van der Waals surface area contributed by atoms with Gasteiger partial charge in [0, 0.05) is 41.5 Å².